The molecule has 174 valence electrons. The first-order valence-electron chi connectivity index (χ1n) is 10.1. The van der Waals surface area contributed by atoms with Gasteiger partial charge in [0.25, 0.3) is 0 Å². The maximum absolute atomic E-state index is 14.0. The highest BCUT2D eigenvalue weighted by Gasteiger charge is 2.30. The highest BCUT2D eigenvalue weighted by molar-refractivity contribution is 5.99. The summed E-state index contributed by atoms with van der Waals surface area (Å²) < 4.78 is 43.4. The minimum absolute atomic E-state index is 0.0914. The largest absolute Gasteiger partial charge is 0.503 e. The lowest BCUT2D eigenvalue weighted by Crippen LogP contribution is -2.39. The predicted molar refractivity (Wildman–Crippen MR) is 112 cm³/mol. The number of rotatable bonds is 10. The molecule has 9 heteroatoms. The maximum atomic E-state index is 14.0. The van der Waals surface area contributed by atoms with Crippen LogP contribution in [0.3, 0.4) is 0 Å². The summed E-state index contributed by atoms with van der Waals surface area (Å²) in [5.41, 5.74) is -0.206. The fraction of sp³-hybridized carbons (Fsp3) is 0.435. The van der Waals surface area contributed by atoms with E-state index in [1.165, 1.54) is 26.3 Å². The topological polar surface area (TPSA) is 95.0 Å². The Balaban J connectivity index is 2.05. The number of aromatic hydroxyl groups is 1. The summed E-state index contributed by atoms with van der Waals surface area (Å²) in [5.74, 6) is -4.27. The SMILES string of the molecule is COc1ccnc(C(=O)C[C@@H](C)C(=O)O[C@@H](C)[C@H](Oc2cc(F)ccc2F)C(C)C)c1O. The van der Waals surface area contributed by atoms with Crippen LogP contribution >= 0.6 is 0 Å². The van der Waals surface area contributed by atoms with E-state index in [2.05, 4.69) is 4.98 Å². The first-order chi connectivity index (χ1) is 15.0. The van der Waals surface area contributed by atoms with Crippen LogP contribution in [0.2, 0.25) is 0 Å². The monoisotopic (exact) mass is 451 g/mol. The molecule has 2 aromatic rings. The molecular weight excluding hydrogens is 424 g/mol. The molecule has 2 rings (SSSR count). The number of carbonyl (C=O) groups excluding carboxylic acids is 2. The second-order valence-electron chi connectivity index (χ2n) is 7.78. The molecule has 3 atom stereocenters. The lowest BCUT2D eigenvalue weighted by molar-refractivity contribution is -0.158. The standard InChI is InChI=1S/C23H27F2NO6/c1-12(2)22(32-19-11-15(24)6-7-16(19)25)14(4)31-23(29)13(3)10-17(27)20-21(28)18(30-5)8-9-26-20/h6-9,11-14,22,28H,10H2,1-5H3/t13-,14+,22-/m1/s1. The van der Waals surface area contributed by atoms with Crippen LogP contribution < -0.4 is 9.47 Å². The zero-order valence-corrected chi connectivity index (χ0v) is 18.6. The van der Waals surface area contributed by atoms with E-state index in [1.807, 2.05) is 0 Å². The molecule has 0 bridgehead atoms. The van der Waals surface area contributed by atoms with Gasteiger partial charge < -0.3 is 19.3 Å². The quantitative estimate of drug-likeness (QED) is 0.425. The summed E-state index contributed by atoms with van der Waals surface area (Å²) in [6.07, 6.45) is -0.522. The Labute approximate surface area is 185 Å². The number of esters is 1. The summed E-state index contributed by atoms with van der Waals surface area (Å²) in [6, 6.07) is 4.26. The number of aromatic nitrogens is 1. The van der Waals surface area contributed by atoms with Crippen LogP contribution in [0.1, 0.15) is 44.6 Å². The summed E-state index contributed by atoms with van der Waals surface area (Å²) in [4.78, 5) is 28.9. The van der Waals surface area contributed by atoms with Gasteiger partial charge in [0, 0.05) is 24.8 Å². The molecule has 32 heavy (non-hydrogen) atoms. The van der Waals surface area contributed by atoms with Gasteiger partial charge in [0.1, 0.15) is 18.0 Å². The van der Waals surface area contributed by atoms with E-state index in [1.54, 1.807) is 20.8 Å². The zero-order chi connectivity index (χ0) is 24.0. The van der Waals surface area contributed by atoms with Crippen LogP contribution in [0, 0.1) is 23.5 Å². The molecule has 0 fully saturated rings. The Hall–Kier alpha value is -3.23. The van der Waals surface area contributed by atoms with Crippen molar-refractivity contribution in [2.45, 2.75) is 46.3 Å². The van der Waals surface area contributed by atoms with Gasteiger partial charge in [-0.15, -0.1) is 0 Å². The minimum atomic E-state index is -0.851. The molecule has 0 aliphatic carbocycles. The van der Waals surface area contributed by atoms with Crippen LogP contribution in [-0.2, 0) is 9.53 Å². The van der Waals surface area contributed by atoms with Crippen molar-refractivity contribution in [1.82, 2.24) is 4.98 Å². The second kappa shape index (κ2) is 10.9. The average molecular weight is 451 g/mol. The van der Waals surface area contributed by atoms with Gasteiger partial charge in [-0.05, 0) is 25.0 Å². The number of ether oxygens (including phenoxy) is 3. The van der Waals surface area contributed by atoms with Crippen LogP contribution in [-0.4, -0.2) is 41.2 Å². The molecule has 0 aliphatic heterocycles. The molecule has 1 aromatic heterocycles. The average Bonchev–Trinajstić information content (AvgIpc) is 2.73. The number of hydrogen-bond acceptors (Lipinski definition) is 7. The molecule has 0 unspecified atom stereocenters. The second-order valence-corrected chi connectivity index (χ2v) is 7.78. The van der Waals surface area contributed by atoms with Crippen molar-refractivity contribution in [2.75, 3.05) is 7.11 Å². The number of carbonyl (C=O) groups is 2. The number of halogens is 2. The molecule has 0 radical (unpaired) electrons. The van der Waals surface area contributed by atoms with Gasteiger partial charge in [-0.1, -0.05) is 20.8 Å². The first-order valence-corrected chi connectivity index (χ1v) is 10.1. The van der Waals surface area contributed by atoms with Crippen molar-refractivity contribution in [1.29, 1.82) is 0 Å². The van der Waals surface area contributed by atoms with Crippen molar-refractivity contribution < 1.29 is 37.7 Å². The number of hydrogen-bond donors (Lipinski definition) is 1. The Morgan fingerprint density at radius 1 is 1.09 bits per heavy atom. The molecule has 1 heterocycles. The zero-order valence-electron chi connectivity index (χ0n) is 18.6. The van der Waals surface area contributed by atoms with Gasteiger partial charge in [-0.25, -0.2) is 13.8 Å². The molecule has 1 aromatic carbocycles. The summed E-state index contributed by atoms with van der Waals surface area (Å²) in [6.45, 7) is 6.65. The van der Waals surface area contributed by atoms with Crippen molar-refractivity contribution >= 4 is 11.8 Å². The van der Waals surface area contributed by atoms with Gasteiger partial charge in [0.15, 0.2) is 34.5 Å². The first kappa shape index (κ1) is 25.0. The van der Waals surface area contributed by atoms with E-state index in [0.717, 1.165) is 18.2 Å². The Morgan fingerprint density at radius 3 is 2.41 bits per heavy atom. The lowest BCUT2D eigenvalue weighted by Gasteiger charge is -2.29. The summed E-state index contributed by atoms with van der Waals surface area (Å²) in [5, 5.41) is 10.1. The fourth-order valence-corrected chi connectivity index (χ4v) is 3.12. The summed E-state index contributed by atoms with van der Waals surface area (Å²) >= 11 is 0. The van der Waals surface area contributed by atoms with Gasteiger partial charge >= 0.3 is 5.97 Å². The van der Waals surface area contributed by atoms with Crippen LogP contribution in [0.5, 0.6) is 17.2 Å². The van der Waals surface area contributed by atoms with Gasteiger partial charge in [-0.2, -0.15) is 0 Å². The molecule has 0 spiro atoms. The predicted octanol–water partition coefficient (Wildman–Crippen LogP) is 4.32. The normalized spacial score (nSPS) is 13.9. The molecule has 0 aliphatic rings. The van der Waals surface area contributed by atoms with Crippen molar-refractivity contribution in [2.24, 2.45) is 11.8 Å². The number of pyridine rings is 1. The number of Topliss-reactive ketones (excluding diaryl/α,β-unsaturated/α-hetero) is 1. The fourth-order valence-electron chi connectivity index (χ4n) is 3.12. The van der Waals surface area contributed by atoms with E-state index in [4.69, 9.17) is 14.2 Å². The Morgan fingerprint density at radius 2 is 1.78 bits per heavy atom. The van der Waals surface area contributed by atoms with Gasteiger partial charge in [0.05, 0.1) is 13.0 Å². The third kappa shape index (κ3) is 6.15. The Bertz CT molecular complexity index is 965. The third-order valence-electron chi connectivity index (χ3n) is 4.84. The molecule has 0 amide bonds. The van der Waals surface area contributed by atoms with Crippen molar-refractivity contribution in [3.05, 3.63) is 47.8 Å². The number of benzene rings is 1. The van der Waals surface area contributed by atoms with Crippen LogP contribution in [0.4, 0.5) is 8.78 Å². The van der Waals surface area contributed by atoms with Crippen molar-refractivity contribution in [3.63, 3.8) is 0 Å². The van der Waals surface area contributed by atoms with E-state index >= 15 is 0 Å². The van der Waals surface area contributed by atoms with E-state index in [0.29, 0.717) is 0 Å². The van der Waals surface area contributed by atoms with Crippen LogP contribution in [0.15, 0.2) is 30.5 Å². The third-order valence-corrected chi connectivity index (χ3v) is 4.84. The molecule has 0 saturated carbocycles. The van der Waals surface area contributed by atoms with E-state index < -0.39 is 47.3 Å². The molecule has 7 nitrogen and oxygen atoms in total. The molecule has 0 saturated heterocycles. The van der Waals surface area contributed by atoms with E-state index in [9.17, 15) is 23.5 Å². The number of methoxy groups -OCH3 is 1. The van der Waals surface area contributed by atoms with Crippen molar-refractivity contribution in [3.8, 4) is 17.2 Å². The maximum Gasteiger partial charge on any atom is 0.309 e. The van der Waals surface area contributed by atoms with Crippen LogP contribution in [0.25, 0.3) is 0 Å². The number of nitrogens with zero attached hydrogens (tertiary/aromatic N) is 1. The highest BCUT2D eigenvalue weighted by Crippen LogP contribution is 2.29. The van der Waals surface area contributed by atoms with Gasteiger partial charge in [0.2, 0.25) is 0 Å². The Kier molecular flexibility index (Phi) is 8.51. The minimum Gasteiger partial charge on any atom is -0.503 e. The summed E-state index contributed by atoms with van der Waals surface area (Å²) in [7, 11) is 1.34. The van der Waals surface area contributed by atoms with E-state index in [-0.39, 0.29) is 29.5 Å². The molecule has 1 N–H and O–H groups in total. The van der Waals surface area contributed by atoms with Gasteiger partial charge in [-0.3, -0.25) is 9.59 Å². The highest BCUT2D eigenvalue weighted by atomic mass is 19.1. The smallest absolute Gasteiger partial charge is 0.309 e. The molecular formula is C23H27F2NO6. The number of ketones is 1. The lowest BCUT2D eigenvalue weighted by atomic mass is 10.0.